The van der Waals surface area contributed by atoms with Crippen LogP contribution in [0.25, 0.3) is 56.3 Å². The summed E-state index contributed by atoms with van der Waals surface area (Å²) in [6, 6.07) is 32.6. The van der Waals surface area contributed by atoms with Gasteiger partial charge in [0.1, 0.15) is 17.2 Å². The zero-order valence-electron chi connectivity index (χ0n) is 33.7. The maximum Gasteiger partial charge on any atom is 0.272 e. The number of aromatic amines is 2. The minimum absolute atomic E-state index is 0.164. The molecule has 2 aliphatic rings. The Morgan fingerprint density at radius 2 is 1.03 bits per heavy atom. The van der Waals surface area contributed by atoms with E-state index in [1.54, 1.807) is 48.0 Å². The Morgan fingerprint density at radius 3 is 1.55 bits per heavy atom. The first-order chi connectivity index (χ1) is 30.5. The van der Waals surface area contributed by atoms with Gasteiger partial charge in [0.05, 0.1) is 55.5 Å². The Balaban J connectivity index is 0.000000139. The van der Waals surface area contributed by atoms with E-state index >= 15 is 0 Å². The molecule has 10 aromatic rings. The maximum absolute atomic E-state index is 5.30. The van der Waals surface area contributed by atoms with Crippen LogP contribution in [0.15, 0.2) is 134 Å². The van der Waals surface area contributed by atoms with Crippen molar-refractivity contribution in [1.82, 2.24) is 70.0 Å². The van der Waals surface area contributed by atoms with E-state index in [0.717, 1.165) is 93.6 Å². The molecule has 6 aromatic heterocycles. The third-order valence-corrected chi connectivity index (χ3v) is 11.9. The van der Waals surface area contributed by atoms with Crippen LogP contribution < -0.4 is 9.47 Å². The van der Waals surface area contributed by atoms with E-state index < -0.39 is 0 Å². The van der Waals surface area contributed by atoms with Gasteiger partial charge in [-0.1, -0.05) is 60.7 Å². The minimum Gasteiger partial charge on any atom is -0.497 e. The molecule has 62 heavy (non-hydrogen) atoms. The van der Waals surface area contributed by atoms with Gasteiger partial charge >= 0.3 is 0 Å². The quantitative estimate of drug-likeness (QED) is 0.140. The Kier molecular flexibility index (Phi) is 8.84. The van der Waals surface area contributed by atoms with Crippen molar-refractivity contribution < 1.29 is 9.47 Å². The lowest BCUT2D eigenvalue weighted by atomic mass is 9.95. The number of hydrogen-bond acceptors (Lipinski definition) is 12. The lowest BCUT2D eigenvalue weighted by molar-refractivity contribution is 0.414. The number of nitrogens with one attached hydrogen (secondary N) is 2. The van der Waals surface area contributed by atoms with Crippen molar-refractivity contribution in [2.75, 3.05) is 14.2 Å². The summed E-state index contributed by atoms with van der Waals surface area (Å²) in [5.74, 6) is 4.34. The van der Waals surface area contributed by atoms with E-state index in [1.165, 1.54) is 11.1 Å². The minimum atomic E-state index is -0.183. The van der Waals surface area contributed by atoms with Crippen LogP contribution in [0.5, 0.6) is 11.5 Å². The van der Waals surface area contributed by atoms with Gasteiger partial charge in [-0.2, -0.15) is 29.4 Å². The fraction of sp³-hybridized carbons (Fsp3) is 0.174. The van der Waals surface area contributed by atoms with Crippen LogP contribution >= 0.6 is 0 Å². The number of hydrogen-bond donors (Lipinski definition) is 2. The molecular formula is C46H38N14O2. The van der Waals surface area contributed by atoms with Crippen molar-refractivity contribution in [3.63, 3.8) is 0 Å². The van der Waals surface area contributed by atoms with Crippen LogP contribution in [0.3, 0.4) is 0 Å². The summed E-state index contributed by atoms with van der Waals surface area (Å²) in [7, 11) is 3.35. The van der Waals surface area contributed by atoms with Gasteiger partial charge in [0, 0.05) is 34.6 Å². The predicted molar refractivity (Wildman–Crippen MR) is 229 cm³/mol. The third kappa shape index (κ3) is 6.48. The molecule has 2 N–H and O–H groups in total. The molecule has 2 saturated carbocycles. The lowest BCUT2D eigenvalue weighted by Gasteiger charge is -2.14. The summed E-state index contributed by atoms with van der Waals surface area (Å²) < 4.78 is 14.1. The average Bonchev–Trinajstić information content (AvgIpc) is 3.91. The molecule has 0 unspecified atom stereocenters. The molecule has 0 spiro atoms. The van der Waals surface area contributed by atoms with E-state index in [-0.39, 0.29) is 10.8 Å². The van der Waals surface area contributed by atoms with Crippen molar-refractivity contribution in [3.05, 3.63) is 157 Å². The molecule has 16 heteroatoms. The Hall–Kier alpha value is -8.14. The largest absolute Gasteiger partial charge is 0.497 e. The molecule has 304 valence electrons. The highest BCUT2D eigenvalue weighted by Crippen LogP contribution is 2.54. The third-order valence-electron chi connectivity index (χ3n) is 11.9. The van der Waals surface area contributed by atoms with Gasteiger partial charge < -0.3 is 9.47 Å². The van der Waals surface area contributed by atoms with Crippen molar-refractivity contribution in [2.45, 2.75) is 36.5 Å². The van der Waals surface area contributed by atoms with Crippen molar-refractivity contribution in [2.24, 2.45) is 0 Å². The van der Waals surface area contributed by atoms with Crippen LogP contribution in [0.4, 0.5) is 0 Å². The highest BCUT2D eigenvalue weighted by Gasteiger charge is 2.51. The highest BCUT2D eigenvalue weighted by atomic mass is 16.5. The fourth-order valence-electron chi connectivity index (χ4n) is 8.15. The van der Waals surface area contributed by atoms with Gasteiger partial charge in [0.2, 0.25) is 0 Å². The number of rotatable bonds is 10. The second-order valence-corrected chi connectivity index (χ2v) is 15.5. The van der Waals surface area contributed by atoms with E-state index in [0.29, 0.717) is 11.6 Å². The van der Waals surface area contributed by atoms with Crippen LogP contribution in [-0.4, -0.2) is 84.2 Å². The number of nitrogens with zero attached hydrogens (tertiary/aromatic N) is 12. The number of aromatic nitrogens is 14. The van der Waals surface area contributed by atoms with Crippen molar-refractivity contribution in [3.8, 4) is 56.3 Å². The normalized spacial score (nSPS) is 14.6. The SMILES string of the molecule is COc1ccc(C2(c3nnc4nc(-c5cccc(-c6cn[nH]c6)c5)cnn34)CC2)cc1.COc1ccc(C2(c3nnc4ncc(-c5cccc(-c6cn[nH]c6)c5)nn34)CC2)cc1. The smallest absolute Gasteiger partial charge is 0.272 e. The first-order valence-electron chi connectivity index (χ1n) is 20.2. The van der Waals surface area contributed by atoms with Gasteiger partial charge in [0.25, 0.3) is 11.6 Å². The zero-order valence-corrected chi connectivity index (χ0v) is 33.7. The van der Waals surface area contributed by atoms with Crippen molar-refractivity contribution >= 4 is 11.6 Å². The van der Waals surface area contributed by atoms with Gasteiger partial charge in [-0.05, 0) is 84.3 Å². The van der Waals surface area contributed by atoms with Crippen LogP contribution in [-0.2, 0) is 10.8 Å². The second-order valence-electron chi connectivity index (χ2n) is 15.5. The molecule has 2 aliphatic carbocycles. The second kappa shape index (κ2) is 14.8. The molecular weight excluding hydrogens is 781 g/mol. The molecule has 0 aliphatic heterocycles. The molecule has 0 bridgehead atoms. The maximum atomic E-state index is 5.30. The molecule has 0 atom stereocenters. The number of ether oxygens (including phenoxy) is 2. The predicted octanol–water partition coefficient (Wildman–Crippen LogP) is 7.33. The van der Waals surface area contributed by atoms with E-state index in [2.05, 4.69) is 87.3 Å². The molecule has 12 rings (SSSR count). The lowest BCUT2D eigenvalue weighted by Crippen LogP contribution is -2.15. The summed E-state index contributed by atoms with van der Waals surface area (Å²) >= 11 is 0. The van der Waals surface area contributed by atoms with Gasteiger partial charge in [-0.15, -0.1) is 20.4 Å². The number of methoxy groups -OCH3 is 2. The highest BCUT2D eigenvalue weighted by molar-refractivity contribution is 5.71. The summed E-state index contributed by atoms with van der Waals surface area (Å²) in [6.45, 7) is 0. The topological polar surface area (TPSA) is 188 Å². The molecule has 0 amide bonds. The van der Waals surface area contributed by atoms with Crippen LogP contribution in [0.1, 0.15) is 48.5 Å². The number of benzene rings is 4. The first-order valence-corrected chi connectivity index (χ1v) is 20.2. The molecule has 4 aromatic carbocycles. The average molecular weight is 819 g/mol. The van der Waals surface area contributed by atoms with Gasteiger partial charge in [-0.25, -0.2) is 9.97 Å². The van der Waals surface area contributed by atoms with Gasteiger partial charge in [-0.3, -0.25) is 10.2 Å². The van der Waals surface area contributed by atoms with Crippen LogP contribution in [0, 0.1) is 0 Å². The number of H-pyrrole nitrogens is 2. The van der Waals surface area contributed by atoms with E-state index in [1.807, 2.05) is 73.1 Å². The van der Waals surface area contributed by atoms with Gasteiger partial charge in [0.15, 0.2) is 11.6 Å². The Labute approximate surface area is 354 Å². The Morgan fingerprint density at radius 1 is 0.516 bits per heavy atom. The van der Waals surface area contributed by atoms with Crippen LogP contribution in [0.2, 0.25) is 0 Å². The summed E-state index contributed by atoms with van der Waals surface area (Å²) in [6.07, 6.45) is 14.9. The monoisotopic (exact) mass is 818 g/mol. The zero-order chi connectivity index (χ0) is 41.7. The van der Waals surface area contributed by atoms with E-state index in [4.69, 9.17) is 19.6 Å². The molecule has 6 heterocycles. The fourth-order valence-corrected chi connectivity index (χ4v) is 8.15. The number of fused-ring (bicyclic) bond motifs is 2. The summed E-state index contributed by atoms with van der Waals surface area (Å²) in [4.78, 5) is 9.26. The summed E-state index contributed by atoms with van der Waals surface area (Å²) in [5.41, 5.74) is 9.68. The summed E-state index contributed by atoms with van der Waals surface area (Å²) in [5, 5.41) is 40.9. The molecule has 2 fully saturated rings. The van der Waals surface area contributed by atoms with Crippen molar-refractivity contribution in [1.29, 1.82) is 0 Å². The molecule has 16 nitrogen and oxygen atoms in total. The standard InChI is InChI=1S/2C23H19N7O/c1-31-19-7-5-18(6-8-19)23(9-10-23)21-27-28-22-24-14-20(29-30(21)22)16-4-2-3-15(11-16)17-12-25-26-13-17;1-31-19-7-5-18(6-8-19)23(9-10-23)21-28-29-22-27-20(14-26-30(21)22)16-4-2-3-15(11-16)17-12-24-25-13-17/h2-8,11-14H,9-10H2,1H3,(H,25,26);2-8,11-14H,9-10H2,1H3,(H,24,25). The van der Waals surface area contributed by atoms with E-state index in [9.17, 15) is 0 Å². The molecule has 0 radical (unpaired) electrons. The molecule has 0 saturated heterocycles. The first kappa shape index (κ1) is 36.9. The Bertz CT molecular complexity index is 3170.